The van der Waals surface area contributed by atoms with E-state index in [4.69, 9.17) is 15.2 Å². The molecule has 1 aromatic rings. The van der Waals surface area contributed by atoms with E-state index in [0.717, 1.165) is 11.5 Å². The van der Waals surface area contributed by atoms with Gasteiger partial charge in [-0.2, -0.15) is 0 Å². The molecule has 0 saturated carbocycles. The summed E-state index contributed by atoms with van der Waals surface area (Å²) < 4.78 is 10.4. The molecule has 0 radical (unpaired) electrons. The fourth-order valence-electron chi connectivity index (χ4n) is 1.02. The molecule has 0 saturated heterocycles. The topological polar surface area (TPSA) is 56.5 Å². The Labute approximate surface area is 94.4 Å². The first-order valence-electron chi connectivity index (χ1n) is 4.52. The molecule has 0 aliphatic carbocycles. The van der Waals surface area contributed by atoms with E-state index in [1.54, 1.807) is 7.11 Å². The standard InChI is InChI=1S/C10H14N2O2S/c1-13-8-2-4-9(5-3-8)14-7-6-12-10(11)15/h2-5H,6-7H2,1H3,(H3,11,12,15). The van der Waals surface area contributed by atoms with Crippen molar-refractivity contribution in [3.05, 3.63) is 24.3 Å². The van der Waals surface area contributed by atoms with Crippen LogP contribution in [0.5, 0.6) is 11.5 Å². The van der Waals surface area contributed by atoms with Gasteiger partial charge in [0, 0.05) is 0 Å². The third-order valence-corrected chi connectivity index (χ3v) is 1.87. The minimum absolute atomic E-state index is 0.285. The van der Waals surface area contributed by atoms with Crippen LogP contribution in [0.15, 0.2) is 24.3 Å². The van der Waals surface area contributed by atoms with Crippen LogP contribution < -0.4 is 20.5 Å². The van der Waals surface area contributed by atoms with Gasteiger partial charge in [-0.15, -0.1) is 0 Å². The molecule has 0 aliphatic rings. The van der Waals surface area contributed by atoms with Crippen molar-refractivity contribution in [2.75, 3.05) is 20.3 Å². The van der Waals surface area contributed by atoms with E-state index in [1.807, 2.05) is 24.3 Å². The summed E-state index contributed by atoms with van der Waals surface area (Å²) >= 11 is 4.65. The lowest BCUT2D eigenvalue weighted by atomic mass is 10.3. The van der Waals surface area contributed by atoms with Crippen LogP contribution in [-0.4, -0.2) is 25.4 Å². The lowest BCUT2D eigenvalue weighted by molar-refractivity contribution is 0.321. The van der Waals surface area contributed by atoms with Gasteiger partial charge in [0.05, 0.1) is 13.7 Å². The number of hydrogen-bond acceptors (Lipinski definition) is 3. The number of thiocarbonyl (C=S) groups is 1. The molecule has 1 rings (SSSR count). The second kappa shape index (κ2) is 6.08. The summed E-state index contributed by atoms with van der Waals surface area (Å²) in [7, 11) is 1.63. The Hall–Kier alpha value is -1.49. The normalized spacial score (nSPS) is 9.40. The number of nitrogens with one attached hydrogen (secondary N) is 1. The van der Waals surface area contributed by atoms with Crippen LogP contribution >= 0.6 is 12.2 Å². The Balaban J connectivity index is 2.28. The van der Waals surface area contributed by atoms with Crippen LogP contribution in [0.3, 0.4) is 0 Å². The van der Waals surface area contributed by atoms with Gasteiger partial charge in [0.1, 0.15) is 18.1 Å². The highest BCUT2D eigenvalue weighted by Gasteiger charge is 1.94. The van der Waals surface area contributed by atoms with E-state index in [0.29, 0.717) is 13.2 Å². The molecule has 1 aromatic carbocycles. The Morgan fingerprint density at radius 1 is 1.33 bits per heavy atom. The first kappa shape index (κ1) is 11.6. The Bertz CT molecular complexity index is 314. The van der Waals surface area contributed by atoms with Crippen molar-refractivity contribution in [3.63, 3.8) is 0 Å². The maximum atomic E-state index is 5.42. The van der Waals surface area contributed by atoms with Gasteiger partial charge in [-0.3, -0.25) is 0 Å². The molecule has 3 N–H and O–H groups in total. The zero-order valence-corrected chi connectivity index (χ0v) is 9.34. The van der Waals surface area contributed by atoms with Crippen LogP contribution in [0.2, 0.25) is 0 Å². The highest BCUT2D eigenvalue weighted by molar-refractivity contribution is 7.80. The summed E-state index contributed by atoms with van der Waals surface area (Å²) in [5.74, 6) is 1.60. The summed E-state index contributed by atoms with van der Waals surface area (Å²) in [6.07, 6.45) is 0. The minimum Gasteiger partial charge on any atom is -0.497 e. The van der Waals surface area contributed by atoms with Gasteiger partial charge in [-0.05, 0) is 36.5 Å². The zero-order chi connectivity index (χ0) is 11.1. The van der Waals surface area contributed by atoms with Gasteiger partial charge in [0.15, 0.2) is 5.11 Å². The molecular formula is C10H14N2O2S. The summed E-state index contributed by atoms with van der Waals surface area (Å²) in [5.41, 5.74) is 5.26. The lowest BCUT2D eigenvalue weighted by Gasteiger charge is -2.07. The Kier molecular flexibility index (Phi) is 4.70. The lowest BCUT2D eigenvalue weighted by Crippen LogP contribution is -2.32. The highest BCUT2D eigenvalue weighted by atomic mass is 32.1. The fraction of sp³-hybridized carbons (Fsp3) is 0.300. The number of hydrogen-bond donors (Lipinski definition) is 2. The van der Waals surface area contributed by atoms with Crippen LogP contribution in [-0.2, 0) is 0 Å². The summed E-state index contributed by atoms with van der Waals surface area (Å²) in [5, 5.41) is 3.08. The second-order valence-electron chi connectivity index (χ2n) is 2.82. The molecule has 4 nitrogen and oxygen atoms in total. The molecule has 0 bridgehead atoms. The predicted molar refractivity (Wildman–Crippen MR) is 63.3 cm³/mol. The van der Waals surface area contributed by atoms with Gasteiger partial charge < -0.3 is 20.5 Å². The molecule has 0 atom stereocenters. The van der Waals surface area contributed by atoms with Crippen LogP contribution in [0.25, 0.3) is 0 Å². The van der Waals surface area contributed by atoms with E-state index < -0.39 is 0 Å². The van der Waals surface area contributed by atoms with Gasteiger partial charge in [-0.1, -0.05) is 0 Å². The molecule has 15 heavy (non-hydrogen) atoms. The minimum atomic E-state index is 0.285. The van der Waals surface area contributed by atoms with Crippen LogP contribution in [0.1, 0.15) is 0 Å². The Morgan fingerprint density at radius 3 is 2.47 bits per heavy atom. The molecule has 82 valence electrons. The van der Waals surface area contributed by atoms with Gasteiger partial charge in [-0.25, -0.2) is 0 Å². The van der Waals surface area contributed by atoms with Gasteiger partial charge in [0.25, 0.3) is 0 Å². The zero-order valence-electron chi connectivity index (χ0n) is 8.53. The fourth-order valence-corrected chi connectivity index (χ4v) is 1.12. The molecule has 0 fully saturated rings. The Morgan fingerprint density at radius 2 is 1.93 bits per heavy atom. The van der Waals surface area contributed by atoms with E-state index in [9.17, 15) is 0 Å². The number of benzene rings is 1. The average Bonchev–Trinajstić information content (AvgIpc) is 2.25. The summed E-state index contributed by atoms with van der Waals surface area (Å²) in [4.78, 5) is 0. The van der Waals surface area contributed by atoms with Crippen molar-refractivity contribution in [1.29, 1.82) is 0 Å². The molecule has 0 aromatic heterocycles. The maximum absolute atomic E-state index is 5.42. The van der Waals surface area contributed by atoms with Crippen molar-refractivity contribution in [2.24, 2.45) is 5.73 Å². The van der Waals surface area contributed by atoms with Crippen molar-refractivity contribution >= 4 is 17.3 Å². The van der Waals surface area contributed by atoms with Crippen molar-refractivity contribution in [3.8, 4) is 11.5 Å². The van der Waals surface area contributed by atoms with E-state index in [2.05, 4.69) is 17.5 Å². The van der Waals surface area contributed by atoms with Crippen LogP contribution in [0.4, 0.5) is 0 Å². The largest absolute Gasteiger partial charge is 0.497 e. The molecule has 5 heteroatoms. The number of rotatable bonds is 5. The molecule has 0 amide bonds. The van der Waals surface area contributed by atoms with E-state index >= 15 is 0 Å². The van der Waals surface area contributed by atoms with Gasteiger partial charge >= 0.3 is 0 Å². The monoisotopic (exact) mass is 226 g/mol. The third-order valence-electron chi connectivity index (χ3n) is 1.73. The number of nitrogens with two attached hydrogens (primary N) is 1. The number of methoxy groups -OCH3 is 1. The molecule has 0 spiro atoms. The molecule has 0 unspecified atom stereocenters. The van der Waals surface area contributed by atoms with Crippen molar-refractivity contribution in [1.82, 2.24) is 5.32 Å². The predicted octanol–water partition coefficient (Wildman–Crippen LogP) is 0.907. The first-order chi connectivity index (χ1) is 7.22. The summed E-state index contributed by atoms with van der Waals surface area (Å²) in [6, 6.07) is 7.38. The SMILES string of the molecule is COc1ccc(OCCNC(N)=S)cc1. The molecular weight excluding hydrogens is 212 g/mol. The quantitative estimate of drug-likeness (QED) is 0.577. The smallest absolute Gasteiger partial charge is 0.163 e. The second-order valence-corrected chi connectivity index (χ2v) is 3.25. The van der Waals surface area contributed by atoms with Crippen molar-refractivity contribution < 1.29 is 9.47 Å². The van der Waals surface area contributed by atoms with Crippen molar-refractivity contribution in [2.45, 2.75) is 0 Å². The average molecular weight is 226 g/mol. The maximum Gasteiger partial charge on any atom is 0.163 e. The summed E-state index contributed by atoms with van der Waals surface area (Å²) in [6.45, 7) is 1.12. The van der Waals surface area contributed by atoms with Gasteiger partial charge in [0.2, 0.25) is 0 Å². The van der Waals surface area contributed by atoms with E-state index in [-0.39, 0.29) is 5.11 Å². The number of ether oxygens (including phenoxy) is 2. The van der Waals surface area contributed by atoms with Crippen LogP contribution in [0, 0.1) is 0 Å². The highest BCUT2D eigenvalue weighted by Crippen LogP contribution is 2.16. The third kappa shape index (κ3) is 4.51. The molecule has 0 heterocycles. The molecule has 0 aliphatic heterocycles. The first-order valence-corrected chi connectivity index (χ1v) is 4.93. The van der Waals surface area contributed by atoms with E-state index in [1.165, 1.54) is 0 Å².